The van der Waals surface area contributed by atoms with Crippen molar-refractivity contribution in [2.24, 2.45) is 11.8 Å². The van der Waals surface area contributed by atoms with Gasteiger partial charge in [0, 0.05) is 17.8 Å². The van der Waals surface area contributed by atoms with Gasteiger partial charge < -0.3 is 15.2 Å². The van der Waals surface area contributed by atoms with E-state index >= 15 is 0 Å². The predicted molar refractivity (Wildman–Crippen MR) is 123 cm³/mol. The van der Waals surface area contributed by atoms with E-state index in [2.05, 4.69) is 25.7 Å². The van der Waals surface area contributed by atoms with Crippen molar-refractivity contribution in [3.05, 3.63) is 53.3 Å². The highest BCUT2D eigenvalue weighted by molar-refractivity contribution is 5.93. The van der Waals surface area contributed by atoms with Crippen molar-refractivity contribution in [2.45, 2.75) is 45.7 Å². The maximum absolute atomic E-state index is 12.7. The first-order valence-electron chi connectivity index (χ1n) is 11.3. The molecule has 1 amide bonds. The van der Waals surface area contributed by atoms with Crippen LogP contribution in [-0.4, -0.2) is 49.3 Å². The smallest absolute Gasteiger partial charge is 0.308 e. The summed E-state index contributed by atoms with van der Waals surface area (Å²) in [7, 11) is 1.43. The van der Waals surface area contributed by atoms with Gasteiger partial charge in [-0.05, 0) is 73.6 Å². The first kappa shape index (κ1) is 23.3. The van der Waals surface area contributed by atoms with Gasteiger partial charge in [0.2, 0.25) is 5.82 Å². The Labute approximate surface area is 197 Å². The predicted octanol–water partition coefficient (Wildman–Crippen LogP) is 2.66. The molecule has 4 rings (SSSR count). The first-order valence-corrected chi connectivity index (χ1v) is 11.3. The fraction of sp³-hybridized carbons (Fsp3) is 0.417. The number of aromatic hydroxyl groups is 1. The second kappa shape index (κ2) is 10.4. The number of pyridine rings is 1. The third kappa shape index (κ3) is 5.75. The van der Waals surface area contributed by atoms with Crippen molar-refractivity contribution in [1.29, 1.82) is 0 Å². The molecule has 3 aromatic rings. The number of nitrogens with one attached hydrogen (secondary N) is 1. The number of esters is 1. The number of benzene rings is 1. The molecule has 0 aliphatic heterocycles. The summed E-state index contributed by atoms with van der Waals surface area (Å²) in [4.78, 5) is 30.3. The summed E-state index contributed by atoms with van der Waals surface area (Å²) in [5, 5.41) is 25.3. The van der Waals surface area contributed by atoms with Crippen LogP contribution in [-0.2, 0) is 22.6 Å². The number of hydrogen-bond donors (Lipinski definition) is 2. The van der Waals surface area contributed by atoms with E-state index in [9.17, 15) is 14.7 Å². The summed E-state index contributed by atoms with van der Waals surface area (Å²) in [5.74, 6) is 0.472. The lowest BCUT2D eigenvalue weighted by Gasteiger charge is -2.26. The average Bonchev–Trinajstić information content (AvgIpc) is 3.30. The fourth-order valence-electron chi connectivity index (χ4n) is 4.27. The van der Waals surface area contributed by atoms with Gasteiger partial charge in [0.25, 0.3) is 5.91 Å². The lowest BCUT2D eigenvalue weighted by molar-refractivity contribution is -0.146. The maximum Gasteiger partial charge on any atom is 0.308 e. The number of carbonyl (C=O) groups is 2. The van der Waals surface area contributed by atoms with Gasteiger partial charge in [-0.2, -0.15) is 4.80 Å². The van der Waals surface area contributed by atoms with E-state index in [0.29, 0.717) is 29.5 Å². The number of nitrogens with zero attached hydrogens (tertiary/aromatic N) is 5. The summed E-state index contributed by atoms with van der Waals surface area (Å²) in [6, 6.07) is 10.2. The molecule has 0 unspecified atom stereocenters. The first-order chi connectivity index (χ1) is 16.4. The van der Waals surface area contributed by atoms with Crippen LogP contribution >= 0.6 is 0 Å². The Morgan fingerprint density at radius 3 is 2.71 bits per heavy atom. The highest BCUT2D eigenvalue weighted by atomic mass is 16.5. The van der Waals surface area contributed by atoms with Gasteiger partial charge in [-0.15, -0.1) is 10.2 Å². The molecule has 0 atom stereocenters. The Bertz CT molecular complexity index is 1170. The monoisotopic (exact) mass is 464 g/mol. The van der Waals surface area contributed by atoms with Crippen molar-refractivity contribution in [3.8, 4) is 17.1 Å². The Hall–Kier alpha value is -3.82. The summed E-state index contributed by atoms with van der Waals surface area (Å²) in [6.07, 6.45) is 3.44. The van der Waals surface area contributed by atoms with Crippen LogP contribution in [0.5, 0.6) is 5.75 Å². The number of ether oxygens (including phenoxy) is 1. The quantitative estimate of drug-likeness (QED) is 0.510. The third-order valence-electron chi connectivity index (χ3n) is 6.06. The molecule has 2 N–H and O–H groups in total. The second-order valence-electron chi connectivity index (χ2n) is 8.64. The van der Waals surface area contributed by atoms with Crippen LogP contribution < -0.4 is 5.32 Å². The molecule has 1 fully saturated rings. The molecule has 1 aliphatic rings. The standard InChI is InChI=1S/C24H28N6O4/c1-15-10-19(12-21(26-15)23(32)25-13-17-4-3-5-20(31)11-17)22-27-29-30(28-22)14-16-6-8-18(9-7-16)24(33)34-2/h3-5,10-12,16,18,31H,6-9,13-14H2,1-2H3,(H,25,32). The number of hydrogen-bond acceptors (Lipinski definition) is 8. The van der Waals surface area contributed by atoms with Crippen LogP contribution in [0.4, 0.5) is 0 Å². The lowest BCUT2D eigenvalue weighted by Crippen LogP contribution is -2.25. The number of phenolic OH excluding ortho intramolecular Hbond substituents is 1. The van der Waals surface area contributed by atoms with E-state index in [1.165, 1.54) is 7.11 Å². The Morgan fingerprint density at radius 1 is 1.18 bits per heavy atom. The lowest BCUT2D eigenvalue weighted by atomic mass is 9.82. The highest BCUT2D eigenvalue weighted by Gasteiger charge is 2.27. The molecule has 1 aliphatic carbocycles. The molecular weight excluding hydrogens is 436 g/mol. The van der Waals surface area contributed by atoms with Crippen molar-refractivity contribution in [3.63, 3.8) is 0 Å². The second-order valence-corrected chi connectivity index (χ2v) is 8.64. The molecule has 1 saturated carbocycles. The minimum Gasteiger partial charge on any atom is -0.508 e. The molecule has 0 bridgehead atoms. The molecule has 1 aromatic carbocycles. The van der Waals surface area contributed by atoms with E-state index in [1.54, 1.807) is 36.0 Å². The van der Waals surface area contributed by atoms with Crippen LogP contribution in [0.2, 0.25) is 0 Å². The molecule has 2 aromatic heterocycles. The van der Waals surface area contributed by atoms with Crippen LogP contribution in [0.15, 0.2) is 36.4 Å². The van der Waals surface area contributed by atoms with E-state index in [-0.39, 0.29) is 35.8 Å². The Morgan fingerprint density at radius 2 is 1.97 bits per heavy atom. The number of aryl methyl sites for hydroxylation is 1. The molecule has 178 valence electrons. The molecule has 0 radical (unpaired) electrons. The molecular formula is C24H28N6O4. The largest absolute Gasteiger partial charge is 0.508 e. The van der Waals surface area contributed by atoms with E-state index in [0.717, 1.165) is 31.2 Å². The highest BCUT2D eigenvalue weighted by Crippen LogP contribution is 2.30. The van der Waals surface area contributed by atoms with Crippen molar-refractivity contribution in [2.75, 3.05) is 7.11 Å². The van der Waals surface area contributed by atoms with Gasteiger partial charge in [0.15, 0.2) is 0 Å². The van der Waals surface area contributed by atoms with Gasteiger partial charge in [-0.3, -0.25) is 9.59 Å². The summed E-state index contributed by atoms with van der Waals surface area (Å²) in [5.41, 5.74) is 2.37. The maximum atomic E-state index is 12.7. The van der Waals surface area contributed by atoms with Crippen LogP contribution in [0.1, 0.15) is 47.4 Å². The zero-order chi connectivity index (χ0) is 24.1. The third-order valence-corrected chi connectivity index (χ3v) is 6.06. The normalized spacial score (nSPS) is 17.8. The van der Waals surface area contributed by atoms with Crippen molar-refractivity contribution >= 4 is 11.9 Å². The molecule has 0 spiro atoms. The Balaban J connectivity index is 1.39. The molecule has 0 saturated heterocycles. The number of rotatable bonds is 7. The summed E-state index contributed by atoms with van der Waals surface area (Å²) >= 11 is 0. The number of amides is 1. The molecule has 2 heterocycles. The summed E-state index contributed by atoms with van der Waals surface area (Å²) < 4.78 is 4.85. The van der Waals surface area contributed by atoms with E-state index in [1.807, 2.05) is 12.1 Å². The minimum absolute atomic E-state index is 0.0162. The number of carbonyl (C=O) groups excluding carboxylic acids is 2. The Kier molecular flexibility index (Phi) is 7.15. The van der Waals surface area contributed by atoms with Gasteiger partial charge >= 0.3 is 5.97 Å². The topological polar surface area (TPSA) is 132 Å². The summed E-state index contributed by atoms with van der Waals surface area (Å²) in [6.45, 7) is 2.70. The number of tetrazole rings is 1. The van der Waals surface area contributed by atoms with Crippen LogP contribution in [0.3, 0.4) is 0 Å². The van der Waals surface area contributed by atoms with Crippen molar-refractivity contribution in [1.82, 2.24) is 30.5 Å². The zero-order valence-corrected chi connectivity index (χ0v) is 19.3. The molecule has 34 heavy (non-hydrogen) atoms. The fourth-order valence-corrected chi connectivity index (χ4v) is 4.27. The van der Waals surface area contributed by atoms with E-state index in [4.69, 9.17) is 4.74 Å². The zero-order valence-electron chi connectivity index (χ0n) is 19.3. The van der Waals surface area contributed by atoms with Crippen molar-refractivity contribution < 1.29 is 19.4 Å². The number of aromatic nitrogens is 5. The van der Waals surface area contributed by atoms with Gasteiger partial charge in [-0.25, -0.2) is 4.98 Å². The van der Waals surface area contributed by atoms with Gasteiger partial charge in [-0.1, -0.05) is 12.1 Å². The SMILES string of the molecule is COC(=O)C1CCC(Cn2nnc(-c3cc(C)nc(C(=O)NCc4cccc(O)c4)c3)n2)CC1. The molecule has 10 heteroatoms. The molecule has 10 nitrogen and oxygen atoms in total. The van der Waals surface area contributed by atoms with Crippen LogP contribution in [0.25, 0.3) is 11.4 Å². The van der Waals surface area contributed by atoms with E-state index < -0.39 is 0 Å². The van der Waals surface area contributed by atoms with Crippen LogP contribution in [0, 0.1) is 18.8 Å². The average molecular weight is 465 g/mol. The van der Waals surface area contributed by atoms with Gasteiger partial charge in [0.1, 0.15) is 11.4 Å². The van der Waals surface area contributed by atoms with Gasteiger partial charge in [0.05, 0.1) is 19.6 Å². The number of methoxy groups -OCH3 is 1. The number of phenols is 1. The minimum atomic E-state index is -0.331.